The summed E-state index contributed by atoms with van der Waals surface area (Å²) in [5.74, 6) is -1.01. The van der Waals surface area contributed by atoms with Crippen LogP contribution in [0.5, 0.6) is 0 Å². The summed E-state index contributed by atoms with van der Waals surface area (Å²) in [6.45, 7) is 4.11. The van der Waals surface area contributed by atoms with Crippen molar-refractivity contribution in [3.8, 4) is 0 Å². The molecule has 0 atom stereocenters. The highest BCUT2D eigenvalue weighted by molar-refractivity contribution is 5.94. The van der Waals surface area contributed by atoms with Gasteiger partial charge in [0, 0.05) is 31.6 Å². The molecule has 0 fully saturated rings. The molecule has 0 radical (unpaired) electrons. The Balaban J connectivity index is 2.96. The zero-order valence-electron chi connectivity index (χ0n) is 10.1. The van der Waals surface area contributed by atoms with Crippen LogP contribution in [0.25, 0.3) is 0 Å². The topological polar surface area (TPSA) is 75.8 Å². The van der Waals surface area contributed by atoms with Crippen LogP contribution < -0.4 is 10.6 Å². The van der Waals surface area contributed by atoms with Crippen LogP contribution in [0.2, 0.25) is 0 Å². The molecule has 0 amide bonds. The normalized spacial score (nSPS) is 10.2. The molecule has 1 rings (SSSR count). The average Bonchev–Trinajstić information content (AvgIpc) is 2.31. The van der Waals surface area contributed by atoms with Gasteiger partial charge in [0.05, 0.1) is 12.2 Å². The van der Waals surface area contributed by atoms with Crippen LogP contribution >= 0.6 is 0 Å². The molecule has 0 heterocycles. The van der Waals surface area contributed by atoms with Crippen LogP contribution in [0.3, 0.4) is 0 Å². The smallest absolute Gasteiger partial charge is 0.337 e. The van der Waals surface area contributed by atoms with Crippen LogP contribution in [0.4, 0.5) is 11.4 Å². The lowest BCUT2D eigenvalue weighted by Crippen LogP contribution is -2.27. The fourth-order valence-corrected chi connectivity index (χ4v) is 1.60. The molecule has 1 aromatic rings. The van der Waals surface area contributed by atoms with Gasteiger partial charge in [-0.1, -0.05) is 0 Å². The monoisotopic (exact) mass is 238 g/mol. The van der Waals surface area contributed by atoms with E-state index in [1.807, 2.05) is 17.9 Å². The molecule has 0 aliphatic heterocycles. The van der Waals surface area contributed by atoms with Gasteiger partial charge in [0.1, 0.15) is 0 Å². The first-order valence-corrected chi connectivity index (χ1v) is 5.46. The van der Waals surface area contributed by atoms with E-state index in [0.29, 0.717) is 6.61 Å². The van der Waals surface area contributed by atoms with Crippen LogP contribution in [0.1, 0.15) is 17.3 Å². The lowest BCUT2D eigenvalue weighted by Gasteiger charge is -2.23. The molecule has 94 valence electrons. The number of nitrogens with two attached hydrogens (primary N) is 1. The Morgan fingerprint density at radius 1 is 1.53 bits per heavy atom. The van der Waals surface area contributed by atoms with Crippen molar-refractivity contribution >= 4 is 17.3 Å². The number of nitrogen functional groups attached to an aromatic ring is 1. The third-order valence-electron chi connectivity index (χ3n) is 2.58. The Kier molecular flexibility index (Phi) is 4.78. The predicted molar refractivity (Wildman–Crippen MR) is 67.6 cm³/mol. The summed E-state index contributed by atoms with van der Waals surface area (Å²) in [5, 5.41) is 9.00. The van der Waals surface area contributed by atoms with Crippen molar-refractivity contribution in [2.45, 2.75) is 6.92 Å². The van der Waals surface area contributed by atoms with E-state index in [0.717, 1.165) is 18.8 Å². The summed E-state index contributed by atoms with van der Waals surface area (Å²) in [5.41, 5.74) is 6.87. The van der Waals surface area contributed by atoms with E-state index in [9.17, 15) is 4.79 Å². The maximum Gasteiger partial charge on any atom is 0.337 e. The van der Waals surface area contributed by atoms with E-state index in [-0.39, 0.29) is 11.3 Å². The number of nitrogens with zero attached hydrogens (tertiary/aromatic N) is 1. The van der Waals surface area contributed by atoms with Crippen molar-refractivity contribution in [1.29, 1.82) is 0 Å². The number of hydrogen-bond acceptors (Lipinski definition) is 4. The van der Waals surface area contributed by atoms with Crippen LogP contribution in [-0.2, 0) is 4.74 Å². The van der Waals surface area contributed by atoms with Gasteiger partial charge in [0.2, 0.25) is 0 Å². The molecule has 0 aliphatic carbocycles. The third-order valence-corrected chi connectivity index (χ3v) is 2.58. The minimum atomic E-state index is -1.01. The number of ether oxygens (including phenoxy) is 1. The van der Waals surface area contributed by atoms with Gasteiger partial charge in [-0.15, -0.1) is 0 Å². The highest BCUT2D eigenvalue weighted by Crippen LogP contribution is 2.21. The minimum absolute atomic E-state index is 0.137. The molecule has 0 spiro atoms. The first-order chi connectivity index (χ1) is 8.10. The number of carboxylic acids is 1. The molecule has 5 heteroatoms. The van der Waals surface area contributed by atoms with Crippen LogP contribution in [-0.4, -0.2) is 37.9 Å². The quantitative estimate of drug-likeness (QED) is 0.733. The van der Waals surface area contributed by atoms with Gasteiger partial charge in [0.15, 0.2) is 0 Å². The molecule has 0 unspecified atom stereocenters. The zero-order valence-corrected chi connectivity index (χ0v) is 10.1. The van der Waals surface area contributed by atoms with E-state index in [1.165, 1.54) is 0 Å². The average molecular weight is 238 g/mol. The van der Waals surface area contributed by atoms with Gasteiger partial charge < -0.3 is 20.5 Å². The zero-order chi connectivity index (χ0) is 12.8. The van der Waals surface area contributed by atoms with Crippen molar-refractivity contribution in [3.63, 3.8) is 0 Å². The Hall–Kier alpha value is -1.75. The van der Waals surface area contributed by atoms with Crippen molar-refractivity contribution in [3.05, 3.63) is 23.8 Å². The lowest BCUT2D eigenvalue weighted by atomic mass is 10.1. The number of anilines is 2. The van der Waals surface area contributed by atoms with Gasteiger partial charge in [0.25, 0.3) is 0 Å². The molecule has 1 aromatic carbocycles. The lowest BCUT2D eigenvalue weighted by molar-refractivity contribution is 0.0698. The molecule has 17 heavy (non-hydrogen) atoms. The molecule has 0 saturated heterocycles. The summed E-state index contributed by atoms with van der Waals surface area (Å²) in [6.07, 6.45) is 0. The van der Waals surface area contributed by atoms with Crippen LogP contribution in [0, 0.1) is 0 Å². The Labute approximate surface area is 101 Å². The minimum Gasteiger partial charge on any atom is -0.478 e. The summed E-state index contributed by atoms with van der Waals surface area (Å²) in [4.78, 5) is 13.0. The Bertz CT molecular complexity index is 393. The molecule has 0 saturated carbocycles. The number of rotatable bonds is 6. The van der Waals surface area contributed by atoms with E-state index >= 15 is 0 Å². The van der Waals surface area contributed by atoms with Gasteiger partial charge in [-0.3, -0.25) is 0 Å². The highest BCUT2D eigenvalue weighted by Gasteiger charge is 2.11. The van der Waals surface area contributed by atoms with Crippen molar-refractivity contribution < 1.29 is 14.6 Å². The molecular weight excluding hydrogens is 220 g/mol. The van der Waals surface area contributed by atoms with E-state index in [2.05, 4.69) is 0 Å². The molecule has 0 aliphatic rings. The maximum absolute atomic E-state index is 11.0. The number of carboxylic acid groups (broad SMARTS) is 1. The standard InChI is InChI=1S/C12H18N2O3/c1-3-14(6-7-17-2)9-4-5-11(13)10(8-9)12(15)16/h4-5,8H,3,6-7,13H2,1-2H3,(H,15,16). The van der Waals surface area contributed by atoms with Crippen molar-refractivity contribution in [2.75, 3.05) is 37.4 Å². The molecule has 0 bridgehead atoms. The fourth-order valence-electron chi connectivity index (χ4n) is 1.60. The third kappa shape index (κ3) is 3.35. The summed E-state index contributed by atoms with van der Waals surface area (Å²) < 4.78 is 5.01. The van der Waals surface area contributed by atoms with Gasteiger partial charge >= 0.3 is 5.97 Å². The maximum atomic E-state index is 11.0. The molecule has 3 N–H and O–H groups in total. The second kappa shape index (κ2) is 6.10. The van der Waals surface area contributed by atoms with Crippen molar-refractivity contribution in [2.24, 2.45) is 0 Å². The van der Waals surface area contributed by atoms with E-state index < -0.39 is 5.97 Å². The largest absolute Gasteiger partial charge is 0.478 e. The molecule has 5 nitrogen and oxygen atoms in total. The predicted octanol–water partition coefficient (Wildman–Crippen LogP) is 1.44. The van der Waals surface area contributed by atoms with E-state index in [1.54, 1.807) is 19.2 Å². The Morgan fingerprint density at radius 2 is 2.24 bits per heavy atom. The second-order valence-corrected chi connectivity index (χ2v) is 3.65. The van der Waals surface area contributed by atoms with Gasteiger partial charge in [-0.05, 0) is 25.1 Å². The summed E-state index contributed by atoms with van der Waals surface area (Å²) in [7, 11) is 1.64. The SMILES string of the molecule is CCN(CCOC)c1ccc(N)c(C(=O)O)c1. The van der Waals surface area contributed by atoms with Crippen LogP contribution in [0.15, 0.2) is 18.2 Å². The number of likely N-dealkylation sites (N-methyl/N-ethyl adjacent to an activating group) is 1. The molecular formula is C12H18N2O3. The number of carbonyl (C=O) groups is 1. The fraction of sp³-hybridized carbons (Fsp3) is 0.417. The Morgan fingerprint density at radius 3 is 2.76 bits per heavy atom. The number of methoxy groups -OCH3 is 1. The number of benzene rings is 1. The first kappa shape index (κ1) is 13.3. The number of hydrogen-bond donors (Lipinski definition) is 2. The highest BCUT2D eigenvalue weighted by atomic mass is 16.5. The molecule has 0 aromatic heterocycles. The first-order valence-electron chi connectivity index (χ1n) is 5.46. The van der Waals surface area contributed by atoms with Gasteiger partial charge in [-0.25, -0.2) is 4.79 Å². The van der Waals surface area contributed by atoms with E-state index in [4.69, 9.17) is 15.6 Å². The van der Waals surface area contributed by atoms with Gasteiger partial charge in [-0.2, -0.15) is 0 Å². The second-order valence-electron chi connectivity index (χ2n) is 3.65. The van der Waals surface area contributed by atoms with Crippen molar-refractivity contribution in [1.82, 2.24) is 0 Å². The number of aromatic carboxylic acids is 1. The summed E-state index contributed by atoms with van der Waals surface area (Å²) in [6, 6.07) is 5.03. The summed E-state index contributed by atoms with van der Waals surface area (Å²) >= 11 is 0.